The number of amides is 1. The minimum Gasteiger partial charge on any atom is -0.495 e. The van der Waals surface area contributed by atoms with E-state index in [1.807, 2.05) is 7.05 Å². The Bertz CT molecular complexity index is 615. The first-order valence-electron chi connectivity index (χ1n) is 6.88. The fourth-order valence-electron chi connectivity index (χ4n) is 1.79. The highest BCUT2D eigenvalue weighted by Gasteiger charge is 2.23. The van der Waals surface area contributed by atoms with Crippen LogP contribution in [0, 0.1) is 0 Å². The molecule has 1 aromatic rings. The molecule has 1 rings (SSSR count). The van der Waals surface area contributed by atoms with Crippen molar-refractivity contribution in [2.24, 2.45) is 0 Å². The lowest BCUT2D eigenvalue weighted by atomic mass is 10.2. The maximum atomic E-state index is 12.3. The van der Waals surface area contributed by atoms with E-state index < -0.39 is 10.0 Å². The van der Waals surface area contributed by atoms with Crippen molar-refractivity contribution in [3.05, 3.63) is 23.8 Å². The van der Waals surface area contributed by atoms with E-state index in [2.05, 4.69) is 10.6 Å². The maximum absolute atomic E-state index is 12.3. The standard InChI is InChI=1S/C14H23N3O4S/c1-15-8-5-9-16-14(18)11-6-7-12(21-4)13(10-11)22(19,20)17(2)3/h6-7,10,15H,5,8-9H2,1-4H3,(H,16,18). The molecule has 124 valence electrons. The van der Waals surface area contributed by atoms with Gasteiger partial charge in [0, 0.05) is 26.2 Å². The Hall–Kier alpha value is -1.64. The zero-order valence-electron chi connectivity index (χ0n) is 13.3. The summed E-state index contributed by atoms with van der Waals surface area (Å²) in [5.74, 6) is -0.102. The fourth-order valence-corrected chi connectivity index (χ4v) is 2.86. The first-order valence-corrected chi connectivity index (χ1v) is 8.32. The molecular formula is C14H23N3O4S. The average molecular weight is 329 g/mol. The summed E-state index contributed by atoms with van der Waals surface area (Å²) < 4.78 is 30.7. The third-order valence-corrected chi connectivity index (χ3v) is 4.91. The molecule has 0 aliphatic rings. The van der Waals surface area contributed by atoms with Gasteiger partial charge in [-0.1, -0.05) is 0 Å². The molecular weight excluding hydrogens is 306 g/mol. The van der Waals surface area contributed by atoms with Crippen molar-refractivity contribution in [3.63, 3.8) is 0 Å². The lowest BCUT2D eigenvalue weighted by Gasteiger charge is -2.15. The second-order valence-electron chi connectivity index (χ2n) is 4.87. The highest BCUT2D eigenvalue weighted by atomic mass is 32.2. The van der Waals surface area contributed by atoms with Crippen LogP contribution in [0.1, 0.15) is 16.8 Å². The van der Waals surface area contributed by atoms with Gasteiger partial charge in [0.1, 0.15) is 10.6 Å². The Labute approximate surface area is 131 Å². The minimum absolute atomic E-state index is 0.0251. The smallest absolute Gasteiger partial charge is 0.251 e. The fraction of sp³-hybridized carbons (Fsp3) is 0.500. The molecule has 0 fully saturated rings. The van der Waals surface area contributed by atoms with Crippen LogP contribution < -0.4 is 15.4 Å². The topological polar surface area (TPSA) is 87.7 Å². The molecule has 0 aliphatic heterocycles. The normalized spacial score (nSPS) is 11.5. The molecule has 0 spiro atoms. The van der Waals surface area contributed by atoms with Gasteiger partial charge >= 0.3 is 0 Å². The highest BCUT2D eigenvalue weighted by molar-refractivity contribution is 7.89. The van der Waals surface area contributed by atoms with Gasteiger partial charge in [-0.3, -0.25) is 4.79 Å². The predicted octanol–water partition coefficient (Wildman–Crippen LogP) is 0.285. The first-order chi connectivity index (χ1) is 10.3. The van der Waals surface area contributed by atoms with Crippen molar-refractivity contribution >= 4 is 15.9 Å². The molecule has 0 aromatic heterocycles. The van der Waals surface area contributed by atoms with E-state index in [0.29, 0.717) is 6.54 Å². The van der Waals surface area contributed by atoms with E-state index >= 15 is 0 Å². The summed E-state index contributed by atoms with van der Waals surface area (Å²) in [6.07, 6.45) is 0.793. The number of benzene rings is 1. The molecule has 0 heterocycles. The Morgan fingerprint density at radius 2 is 1.95 bits per heavy atom. The van der Waals surface area contributed by atoms with Gasteiger partial charge in [0.2, 0.25) is 10.0 Å². The van der Waals surface area contributed by atoms with Crippen LogP contribution in [0.2, 0.25) is 0 Å². The van der Waals surface area contributed by atoms with Gasteiger partial charge in [-0.05, 0) is 38.2 Å². The van der Waals surface area contributed by atoms with Crippen LogP contribution in [0.5, 0.6) is 5.75 Å². The van der Waals surface area contributed by atoms with Gasteiger partial charge in [-0.15, -0.1) is 0 Å². The molecule has 0 aliphatic carbocycles. The number of carbonyl (C=O) groups excluding carboxylic acids is 1. The Morgan fingerprint density at radius 1 is 1.27 bits per heavy atom. The molecule has 0 saturated carbocycles. The van der Waals surface area contributed by atoms with Crippen molar-refractivity contribution in [1.82, 2.24) is 14.9 Å². The molecule has 2 N–H and O–H groups in total. The zero-order chi connectivity index (χ0) is 16.8. The van der Waals surface area contributed by atoms with Gasteiger partial charge in [0.05, 0.1) is 7.11 Å². The van der Waals surface area contributed by atoms with Crippen LogP contribution in [-0.4, -0.2) is 60.0 Å². The summed E-state index contributed by atoms with van der Waals surface area (Å²) in [7, 11) is 2.40. The molecule has 1 aromatic carbocycles. The lowest BCUT2D eigenvalue weighted by Crippen LogP contribution is -2.27. The summed E-state index contributed by atoms with van der Waals surface area (Å²) in [6, 6.07) is 4.36. The monoisotopic (exact) mass is 329 g/mol. The third kappa shape index (κ3) is 4.43. The highest BCUT2D eigenvalue weighted by Crippen LogP contribution is 2.26. The van der Waals surface area contributed by atoms with E-state index in [1.165, 1.54) is 33.3 Å². The summed E-state index contributed by atoms with van der Waals surface area (Å²) in [5, 5.41) is 5.74. The molecule has 0 saturated heterocycles. The number of ether oxygens (including phenoxy) is 1. The lowest BCUT2D eigenvalue weighted by molar-refractivity contribution is 0.0953. The minimum atomic E-state index is -3.69. The second-order valence-corrected chi connectivity index (χ2v) is 6.99. The zero-order valence-corrected chi connectivity index (χ0v) is 14.2. The Morgan fingerprint density at radius 3 is 2.50 bits per heavy atom. The number of hydrogen-bond donors (Lipinski definition) is 2. The van der Waals surface area contributed by atoms with Crippen LogP contribution >= 0.6 is 0 Å². The van der Waals surface area contributed by atoms with Gasteiger partial charge in [0.25, 0.3) is 5.91 Å². The molecule has 0 unspecified atom stereocenters. The summed E-state index contributed by atoms with van der Waals surface area (Å²) in [6.45, 7) is 1.31. The first kappa shape index (κ1) is 18.4. The van der Waals surface area contributed by atoms with Crippen LogP contribution in [0.3, 0.4) is 0 Å². The number of nitrogens with one attached hydrogen (secondary N) is 2. The number of methoxy groups -OCH3 is 1. The molecule has 1 amide bonds. The van der Waals surface area contributed by atoms with Gasteiger partial charge in [0.15, 0.2) is 0 Å². The summed E-state index contributed by atoms with van der Waals surface area (Å²) in [5.41, 5.74) is 0.283. The van der Waals surface area contributed by atoms with E-state index in [9.17, 15) is 13.2 Å². The van der Waals surface area contributed by atoms with E-state index in [4.69, 9.17) is 4.74 Å². The molecule has 0 radical (unpaired) electrons. The number of nitrogens with zero attached hydrogens (tertiary/aromatic N) is 1. The summed E-state index contributed by atoms with van der Waals surface area (Å²) >= 11 is 0. The largest absolute Gasteiger partial charge is 0.495 e. The van der Waals surface area contributed by atoms with Crippen molar-refractivity contribution in [3.8, 4) is 5.75 Å². The van der Waals surface area contributed by atoms with Crippen LogP contribution in [0.15, 0.2) is 23.1 Å². The molecule has 7 nitrogen and oxygen atoms in total. The molecule has 0 atom stereocenters. The number of sulfonamides is 1. The number of rotatable bonds is 8. The maximum Gasteiger partial charge on any atom is 0.251 e. The van der Waals surface area contributed by atoms with Gasteiger partial charge in [-0.2, -0.15) is 0 Å². The van der Waals surface area contributed by atoms with Gasteiger partial charge < -0.3 is 15.4 Å². The number of hydrogen-bond acceptors (Lipinski definition) is 5. The van der Waals surface area contributed by atoms with Gasteiger partial charge in [-0.25, -0.2) is 12.7 Å². The quantitative estimate of drug-likeness (QED) is 0.669. The van der Waals surface area contributed by atoms with Crippen LogP contribution in [-0.2, 0) is 10.0 Å². The van der Waals surface area contributed by atoms with E-state index in [1.54, 1.807) is 6.07 Å². The Balaban J connectivity index is 3.03. The molecule has 8 heteroatoms. The SMILES string of the molecule is CNCCCNC(=O)c1ccc(OC)c(S(=O)(=O)N(C)C)c1. The Kier molecular flexibility index (Phi) is 6.79. The van der Waals surface area contributed by atoms with Crippen molar-refractivity contribution in [1.29, 1.82) is 0 Å². The van der Waals surface area contributed by atoms with Crippen LogP contribution in [0.25, 0.3) is 0 Å². The third-order valence-electron chi connectivity index (χ3n) is 3.07. The average Bonchev–Trinajstić information content (AvgIpc) is 2.50. The predicted molar refractivity (Wildman–Crippen MR) is 84.7 cm³/mol. The van der Waals surface area contributed by atoms with Crippen molar-refractivity contribution in [2.75, 3.05) is 41.3 Å². The molecule has 22 heavy (non-hydrogen) atoms. The second kappa shape index (κ2) is 8.11. The molecule has 0 bridgehead atoms. The van der Waals surface area contributed by atoms with Crippen LogP contribution in [0.4, 0.5) is 0 Å². The van der Waals surface area contributed by atoms with E-state index in [0.717, 1.165) is 17.3 Å². The van der Waals surface area contributed by atoms with Crippen molar-refractivity contribution < 1.29 is 17.9 Å². The number of carbonyl (C=O) groups is 1. The van der Waals surface area contributed by atoms with E-state index in [-0.39, 0.29) is 22.1 Å². The van der Waals surface area contributed by atoms with Crippen molar-refractivity contribution in [2.45, 2.75) is 11.3 Å². The summed E-state index contributed by atoms with van der Waals surface area (Å²) in [4.78, 5) is 12.1.